The highest BCUT2D eigenvalue weighted by Gasteiger charge is 2.36. The molecule has 1 aliphatic heterocycles. The van der Waals surface area contributed by atoms with Gasteiger partial charge in [0.2, 0.25) is 0 Å². The lowest BCUT2D eigenvalue weighted by molar-refractivity contribution is -0.394. The third kappa shape index (κ3) is 4.54. The van der Waals surface area contributed by atoms with E-state index in [9.17, 15) is 33.4 Å². The highest BCUT2D eigenvalue weighted by Crippen LogP contribution is 2.26. The van der Waals surface area contributed by atoms with E-state index in [0.717, 1.165) is 18.2 Å². The predicted octanol–water partition coefficient (Wildman–Crippen LogP) is 1.79. The van der Waals surface area contributed by atoms with Gasteiger partial charge < -0.3 is 4.90 Å². The molecule has 0 saturated carbocycles. The molecule has 1 aromatic rings. The lowest BCUT2D eigenvalue weighted by Crippen LogP contribution is -2.43. The second-order valence-electron chi connectivity index (χ2n) is 6.66. The minimum atomic E-state index is -3.25. The van der Waals surface area contributed by atoms with E-state index in [1.807, 2.05) is 13.8 Å². The first kappa shape index (κ1) is 19.8. The maximum absolute atomic E-state index is 12.9. The van der Waals surface area contributed by atoms with Gasteiger partial charge in [-0.05, 0) is 12.3 Å². The van der Waals surface area contributed by atoms with Crippen molar-refractivity contribution < 1.29 is 23.1 Å². The van der Waals surface area contributed by atoms with Crippen LogP contribution < -0.4 is 0 Å². The van der Waals surface area contributed by atoms with Crippen LogP contribution in [0.1, 0.15) is 30.6 Å². The molecule has 0 aromatic heterocycles. The number of hydrogen-bond acceptors (Lipinski definition) is 7. The number of benzene rings is 1. The number of nitro benzene ring substituents is 2. The van der Waals surface area contributed by atoms with Gasteiger partial charge in [0, 0.05) is 24.7 Å². The Kier molecular flexibility index (Phi) is 5.59. The highest BCUT2D eigenvalue weighted by molar-refractivity contribution is 7.91. The van der Waals surface area contributed by atoms with Crippen molar-refractivity contribution in [3.63, 3.8) is 0 Å². The second-order valence-corrected chi connectivity index (χ2v) is 8.89. The number of nitrogens with zero attached hydrogens (tertiary/aromatic N) is 3. The van der Waals surface area contributed by atoms with Crippen LogP contribution in [-0.2, 0) is 9.84 Å². The minimum Gasteiger partial charge on any atom is -0.334 e. The number of carbonyl (C=O) groups excluding carboxylic acids is 1. The fraction of sp³-hybridized carbons (Fsp3) is 0.533. The van der Waals surface area contributed by atoms with Crippen molar-refractivity contribution in [3.8, 4) is 0 Å². The Bertz CT molecular complexity index is 819. The molecule has 2 rings (SSSR count). The monoisotopic (exact) mass is 385 g/mol. The van der Waals surface area contributed by atoms with Gasteiger partial charge in [0.25, 0.3) is 17.3 Å². The van der Waals surface area contributed by atoms with Gasteiger partial charge in [-0.15, -0.1) is 0 Å². The summed E-state index contributed by atoms with van der Waals surface area (Å²) in [5.41, 5.74) is -1.33. The summed E-state index contributed by atoms with van der Waals surface area (Å²) in [7, 11) is -3.25. The minimum absolute atomic E-state index is 0.0240. The Labute approximate surface area is 150 Å². The average Bonchev–Trinajstić information content (AvgIpc) is 2.91. The Morgan fingerprint density at radius 2 is 1.73 bits per heavy atom. The molecule has 10 nitrogen and oxygen atoms in total. The molecule has 1 atom stereocenters. The first-order valence-corrected chi connectivity index (χ1v) is 9.77. The van der Waals surface area contributed by atoms with Crippen molar-refractivity contribution in [2.75, 3.05) is 18.1 Å². The molecule has 0 spiro atoms. The first-order valence-electron chi connectivity index (χ1n) is 7.95. The standard InChI is InChI=1S/C15H19N3O7S/c1-10(2)8-16(12-3-4-26(24,25)9-12)15(19)11-5-13(17(20)21)7-14(6-11)18(22)23/h5-7,10,12H,3-4,8-9H2,1-2H3/t12-/m0/s1. The molecule has 0 unspecified atom stereocenters. The van der Waals surface area contributed by atoms with Crippen LogP contribution in [0.2, 0.25) is 0 Å². The molecule has 1 saturated heterocycles. The highest BCUT2D eigenvalue weighted by atomic mass is 32.2. The Morgan fingerprint density at radius 3 is 2.12 bits per heavy atom. The third-order valence-electron chi connectivity index (χ3n) is 4.04. The summed E-state index contributed by atoms with van der Waals surface area (Å²) in [4.78, 5) is 34.7. The second kappa shape index (κ2) is 7.36. The summed E-state index contributed by atoms with van der Waals surface area (Å²) >= 11 is 0. The largest absolute Gasteiger partial charge is 0.334 e. The van der Waals surface area contributed by atoms with E-state index in [4.69, 9.17) is 0 Å². The smallest absolute Gasteiger partial charge is 0.277 e. The number of non-ortho nitro benzene ring substituents is 2. The van der Waals surface area contributed by atoms with Crippen molar-refractivity contribution in [2.45, 2.75) is 26.3 Å². The predicted molar refractivity (Wildman–Crippen MR) is 92.7 cm³/mol. The Balaban J connectivity index is 2.44. The summed E-state index contributed by atoms with van der Waals surface area (Å²) < 4.78 is 23.5. The van der Waals surface area contributed by atoms with E-state index in [2.05, 4.69) is 0 Å². The molecular formula is C15H19N3O7S. The molecule has 1 heterocycles. The number of sulfone groups is 1. The van der Waals surface area contributed by atoms with Crippen molar-refractivity contribution >= 4 is 27.1 Å². The quantitative estimate of drug-likeness (QED) is 0.537. The van der Waals surface area contributed by atoms with Crippen LogP contribution in [0.5, 0.6) is 0 Å². The van der Waals surface area contributed by atoms with Crippen LogP contribution in [0.3, 0.4) is 0 Å². The number of hydrogen-bond donors (Lipinski definition) is 0. The van der Waals surface area contributed by atoms with E-state index in [1.54, 1.807) is 0 Å². The van der Waals surface area contributed by atoms with Crippen LogP contribution in [0, 0.1) is 26.1 Å². The van der Waals surface area contributed by atoms with Crippen molar-refractivity contribution in [1.82, 2.24) is 4.90 Å². The SMILES string of the molecule is CC(C)CN(C(=O)c1cc([N+](=O)[O-])cc([N+](=O)[O-])c1)[C@H]1CCS(=O)(=O)C1. The van der Waals surface area contributed by atoms with Crippen LogP contribution >= 0.6 is 0 Å². The molecule has 0 aliphatic carbocycles. The van der Waals surface area contributed by atoms with Crippen molar-refractivity contribution in [1.29, 1.82) is 0 Å². The third-order valence-corrected chi connectivity index (χ3v) is 5.79. The average molecular weight is 385 g/mol. The zero-order chi connectivity index (χ0) is 19.6. The summed E-state index contributed by atoms with van der Waals surface area (Å²) in [5, 5.41) is 22.0. The van der Waals surface area contributed by atoms with Gasteiger partial charge in [0.05, 0.1) is 33.0 Å². The van der Waals surface area contributed by atoms with Crippen LogP contribution in [0.25, 0.3) is 0 Å². The van der Waals surface area contributed by atoms with Gasteiger partial charge in [0.15, 0.2) is 9.84 Å². The Morgan fingerprint density at radius 1 is 1.19 bits per heavy atom. The van der Waals surface area contributed by atoms with Crippen LogP contribution in [-0.4, -0.2) is 53.2 Å². The van der Waals surface area contributed by atoms with E-state index in [-0.39, 0.29) is 36.0 Å². The van der Waals surface area contributed by atoms with Crippen molar-refractivity contribution in [2.24, 2.45) is 5.92 Å². The van der Waals surface area contributed by atoms with Gasteiger partial charge >= 0.3 is 0 Å². The molecule has 0 N–H and O–H groups in total. The molecule has 1 aromatic carbocycles. The lowest BCUT2D eigenvalue weighted by atomic mass is 10.1. The van der Waals surface area contributed by atoms with E-state index in [0.29, 0.717) is 0 Å². The molecule has 0 bridgehead atoms. The molecule has 26 heavy (non-hydrogen) atoms. The zero-order valence-electron chi connectivity index (χ0n) is 14.3. The maximum Gasteiger partial charge on any atom is 0.277 e. The van der Waals surface area contributed by atoms with Crippen LogP contribution in [0.15, 0.2) is 18.2 Å². The van der Waals surface area contributed by atoms with Gasteiger partial charge in [-0.3, -0.25) is 25.0 Å². The number of rotatable bonds is 6. The molecule has 1 fully saturated rings. The van der Waals surface area contributed by atoms with Gasteiger partial charge in [-0.25, -0.2) is 8.42 Å². The van der Waals surface area contributed by atoms with E-state index >= 15 is 0 Å². The summed E-state index contributed by atoms with van der Waals surface area (Å²) in [6.07, 6.45) is 0.276. The maximum atomic E-state index is 12.9. The Hall–Kier alpha value is -2.56. The van der Waals surface area contributed by atoms with Crippen molar-refractivity contribution in [3.05, 3.63) is 44.0 Å². The van der Waals surface area contributed by atoms with Crippen LogP contribution in [0.4, 0.5) is 11.4 Å². The zero-order valence-corrected chi connectivity index (χ0v) is 15.1. The fourth-order valence-electron chi connectivity index (χ4n) is 2.91. The van der Waals surface area contributed by atoms with Gasteiger partial charge in [-0.2, -0.15) is 0 Å². The van der Waals surface area contributed by atoms with Gasteiger partial charge in [0.1, 0.15) is 0 Å². The number of carbonyl (C=O) groups is 1. The molecule has 0 radical (unpaired) electrons. The molecular weight excluding hydrogens is 366 g/mol. The fourth-order valence-corrected chi connectivity index (χ4v) is 4.64. The molecule has 1 aliphatic rings. The van der Waals surface area contributed by atoms with E-state index in [1.165, 1.54) is 4.90 Å². The normalized spacial score (nSPS) is 18.7. The van der Waals surface area contributed by atoms with Gasteiger partial charge in [-0.1, -0.05) is 13.8 Å². The first-order chi connectivity index (χ1) is 12.0. The molecule has 11 heteroatoms. The number of nitro groups is 2. The topological polar surface area (TPSA) is 141 Å². The molecule has 1 amide bonds. The summed E-state index contributed by atoms with van der Waals surface area (Å²) in [6.45, 7) is 3.94. The molecule has 142 valence electrons. The summed E-state index contributed by atoms with van der Waals surface area (Å²) in [6, 6.07) is 2.19. The number of amides is 1. The summed E-state index contributed by atoms with van der Waals surface area (Å²) in [5.74, 6) is -0.833. The lowest BCUT2D eigenvalue weighted by Gasteiger charge is -2.30. The van der Waals surface area contributed by atoms with E-state index < -0.39 is 43.0 Å².